The van der Waals surface area contributed by atoms with Gasteiger partial charge in [-0.05, 0) is 32.0 Å². The number of nitrogens with one attached hydrogen (secondary N) is 1. The minimum Gasteiger partial charge on any atom is -0.310 e. The van der Waals surface area contributed by atoms with Crippen molar-refractivity contribution < 1.29 is 0 Å². The monoisotopic (exact) mass is 261 g/mol. The molecule has 1 unspecified atom stereocenters. The van der Waals surface area contributed by atoms with E-state index in [0.717, 1.165) is 24.4 Å². The molecule has 0 saturated carbocycles. The van der Waals surface area contributed by atoms with Gasteiger partial charge >= 0.3 is 0 Å². The molecule has 0 saturated heterocycles. The molecule has 0 spiro atoms. The smallest absolute Gasteiger partial charge is 0.0947 e. The third kappa shape index (κ3) is 3.15. The summed E-state index contributed by atoms with van der Waals surface area (Å²) in [7, 11) is 0. The average Bonchev–Trinajstić information content (AvgIpc) is 2.75. The molecule has 0 aliphatic rings. The van der Waals surface area contributed by atoms with E-state index in [1.807, 2.05) is 19.2 Å². The Hall–Kier alpha value is -1.26. The molecule has 18 heavy (non-hydrogen) atoms. The van der Waals surface area contributed by atoms with Crippen molar-refractivity contribution >= 4 is 11.3 Å². The highest BCUT2D eigenvalue weighted by Crippen LogP contribution is 2.22. The molecule has 0 aromatic carbocycles. The van der Waals surface area contributed by atoms with Gasteiger partial charge in [-0.25, -0.2) is 4.98 Å². The third-order valence-corrected chi connectivity index (χ3v) is 3.91. The van der Waals surface area contributed by atoms with Crippen molar-refractivity contribution in [3.8, 4) is 0 Å². The Morgan fingerprint density at radius 1 is 1.39 bits per heavy atom. The second kappa shape index (κ2) is 6.07. The molecule has 2 aromatic heterocycles. The Morgan fingerprint density at radius 2 is 2.22 bits per heavy atom. The number of nitrogens with zero attached hydrogens (tertiary/aromatic N) is 2. The molecule has 0 aliphatic heterocycles. The molecule has 2 heterocycles. The van der Waals surface area contributed by atoms with E-state index in [4.69, 9.17) is 0 Å². The van der Waals surface area contributed by atoms with Crippen LogP contribution >= 0.6 is 11.3 Å². The van der Waals surface area contributed by atoms with E-state index in [-0.39, 0.29) is 0 Å². The Labute approximate surface area is 112 Å². The average molecular weight is 261 g/mol. The topological polar surface area (TPSA) is 37.8 Å². The molecule has 96 valence electrons. The standard InChI is InChI=1S/C14H19N3S/c1-4-15-13(8-14-17-10(2)9-18-14)12-6-5-7-16-11(12)3/h5-7,9,13,15H,4,8H2,1-3H3. The van der Waals surface area contributed by atoms with Gasteiger partial charge < -0.3 is 5.32 Å². The lowest BCUT2D eigenvalue weighted by atomic mass is 10.0. The van der Waals surface area contributed by atoms with Crippen LogP contribution in [0.2, 0.25) is 0 Å². The summed E-state index contributed by atoms with van der Waals surface area (Å²) in [5.74, 6) is 0. The number of aryl methyl sites for hydroxylation is 2. The van der Waals surface area contributed by atoms with Crippen molar-refractivity contribution in [2.45, 2.75) is 33.2 Å². The van der Waals surface area contributed by atoms with Crippen LogP contribution in [-0.2, 0) is 6.42 Å². The first-order valence-corrected chi connectivity index (χ1v) is 7.14. The Morgan fingerprint density at radius 3 is 2.83 bits per heavy atom. The molecule has 0 radical (unpaired) electrons. The van der Waals surface area contributed by atoms with Crippen LogP contribution in [0, 0.1) is 13.8 Å². The van der Waals surface area contributed by atoms with Gasteiger partial charge in [0.15, 0.2) is 0 Å². The SMILES string of the molecule is CCNC(Cc1nc(C)cs1)c1cccnc1C. The first-order valence-electron chi connectivity index (χ1n) is 6.26. The second-order valence-corrected chi connectivity index (χ2v) is 5.32. The van der Waals surface area contributed by atoms with Crippen LogP contribution in [0.25, 0.3) is 0 Å². The Balaban J connectivity index is 2.20. The first-order chi connectivity index (χ1) is 8.70. The maximum atomic E-state index is 4.55. The summed E-state index contributed by atoms with van der Waals surface area (Å²) < 4.78 is 0. The van der Waals surface area contributed by atoms with Crippen molar-refractivity contribution in [2.24, 2.45) is 0 Å². The fourth-order valence-corrected chi connectivity index (χ4v) is 2.89. The Kier molecular flexibility index (Phi) is 4.44. The van der Waals surface area contributed by atoms with E-state index in [9.17, 15) is 0 Å². The van der Waals surface area contributed by atoms with Gasteiger partial charge in [-0.3, -0.25) is 4.98 Å². The van der Waals surface area contributed by atoms with E-state index in [1.54, 1.807) is 11.3 Å². The molecule has 0 fully saturated rings. The van der Waals surface area contributed by atoms with Crippen molar-refractivity contribution in [3.63, 3.8) is 0 Å². The zero-order chi connectivity index (χ0) is 13.0. The van der Waals surface area contributed by atoms with Crippen LogP contribution in [0.4, 0.5) is 0 Å². The number of thiazole rings is 1. The lowest BCUT2D eigenvalue weighted by molar-refractivity contribution is 0.543. The highest BCUT2D eigenvalue weighted by Gasteiger charge is 2.15. The minimum atomic E-state index is 0.300. The normalized spacial score (nSPS) is 12.6. The molecule has 1 N–H and O–H groups in total. The van der Waals surface area contributed by atoms with E-state index in [2.05, 4.69) is 40.6 Å². The zero-order valence-corrected chi connectivity index (χ0v) is 11.9. The summed E-state index contributed by atoms with van der Waals surface area (Å²) in [4.78, 5) is 8.92. The lowest BCUT2D eigenvalue weighted by Crippen LogP contribution is -2.24. The number of hydrogen-bond donors (Lipinski definition) is 1. The quantitative estimate of drug-likeness (QED) is 0.899. The zero-order valence-electron chi connectivity index (χ0n) is 11.1. The van der Waals surface area contributed by atoms with E-state index < -0.39 is 0 Å². The molecule has 2 rings (SSSR count). The molecule has 0 bridgehead atoms. The summed E-state index contributed by atoms with van der Waals surface area (Å²) in [6, 6.07) is 4.45. The van der Waals surface area contributed by atoms with Gasteiger partial charge in [0.2, 0.25) is 0 Å². The molecule has 4 heteroatoms. The summed E-state index contributed by atoms with van der Waals surface area (Å²) in [6.45, 7) is 7.18. The van der Waals surface area contributed by atoms with Crippen LogP contribution in [0.5, 0.6) is 0 Å². The van der Waals surface area contributed by atoms with Crippen LogP contribution in [0.15, 0.2) is 23.7 Å². The van der Waals surface area contributed by atoms with Gasteiger partial charge in [-0.15, -0.1) is 11.3 Å². The fraction of sp³-hybridized carbons (Fsp3) is 0.429. The number of hydrogen-bond acceptors (Lipinski definition) is 4. The highest BCUT2D eigenvalue weighted by atomic mass is 32.1. The maximum absolute atomic E-state index is 4.55. The Bertz CT molecular complexity index is 507. The number of aromatic nitrogens is 2. The van der Waals surface area contributed by atoms with Gasteiger partial charge in [0, 0.05) is 35.4 Å². The molecule has 1 atom stereocenters. The summed E-state index contributed by atoms with van der Waals surface area (Å²) >= 11 is 1.73. The molecule has 0 amide bonds. The van der Waals surface area contributed by atoms with Crippen LogP contribution in [0.1, 0.15) is 34.9 Å². The van der Waals surface area contributed by atoms with Gasteiger partial charge in [0.1, 0.15) is 0 Å². The van der Waals surface area contributed by atoms with Crippen LogP contribution in [-0.4, -0.2) is 16.5 Å². The summed E-state index contributed by atoms with van der Waals surface area (Å²) in [5.41, 5.74) is 3.47. The van der Waals surface area contributed by atoms with Gasteiger partial charge in [0.05, 0.1) is 5.01 Å². The van der Waals surface area contributed by atoms with Gasteiger partial charge in [-0.1, -0.05) is 13.0 Å². The van der Waals surface area contributed by atoms with Crippen LogP contribution in [0.3, 0.4) is 0 Å². The number of pyridine rings is 1. The molecule has 2 aromatic rings. The van der Waals surface area contributed by atoms with E-state index in [1.165, 1.54) is 10.6 Å². The molecular weight excluding hydrogens is 242 g/mol. The third-order valence-electron chi connectivity index (χ3n) is 2.92. The molecule has 3 nitrogen and oxygen atoms in total. The van der Waals surface area contributed by atoms with Crippen molar-refractivity contribution in [2.75, 3.05) is 6.54 Å². The predicted octanol–water partition coefficient (Wildman–Crippen LogP) is 3.05. The van der Waals surface area contributed by atoms with Gasteiger partial charge in [-0.2, -0.15) is 0 Å². The maximum Gasteiger partial charge on any atom is 0.0947 e. The fourth-order valence-electron chi connectivity index (χ4n) is 2.07. The predicted molar refractivity (Wildman–Crippen MR) is 75.9 cm³/mol. The van der Waals surface area contributed by atoms with Crippen molar-refractivity contribution in [3.05, 3.63) is 45.7 Å². The van der Waals surface area contributed by atoms with E-state index >= 15 is 0 Å². The lowest BCUT2D eigenvalue weighted by Gasteiger charge is -2.18. The summed E-state index contributed by atoms with van der Waals surface area (Å²) in [5, 5.41) is 6.81. The summed E-state index contributed by atoms with van der Waals surface area (Å²) in [6.07, 6.45) is 2.77. The van der Waals surface area contributed by atoms with Crippen LogP contribution < -0.4 is 5.32 Å². The largest absolute Gasteiger partial charge is 0.310 e. The first kappa shape index (κ1) is 13.2. The van der Waals surface area contributed by atoms with Crippen molar-refractivity contribution in [1.82, 2.24) is 15.3 Å². The number of rotatable bonds is 5. The van der Waals surface area contributed by atoms with Crippen molar-refractivity contribution in [1.29, 1.82) is 0 Å². The minimum absolute atomic E-state index is 0.300. The highest BCUT2D eigenvalue weighted by molar-refractivity contribution is 7.09. The van der Waals surface area contributed by atoms with E-state index in [0.29, 0.717) is 6.04 Å². The number of likely N-dealkylation sites (N-methyl/N-ethyl adjacent to an activating group) is 1. The second-order valence-electron chi connectivity index (χ2n) is 4.38. The molecular formula is C14H19N3S. The van der Waals surface area contributed by atoms with Gasteiger partial charge in [0.25, 0.3) is 0 Å². The molecule has 0 aliphatic carbocycles.